The van der Waals surface area contributed by atoms with Gasteiger partial charge in [0.2, 0.25) is 5.91 Å². The van der Waals surface area contributed by atoms with Gasteiger partial charge in [-0.3, -0.25) is 4.79 Å². The van der Waals surface area contributed by atoms with Crippen LogP contribution in [0.25, 0.3) is 0 Å². The molecule has 0 atom stereocenters. The van der Waals surface area contributed by atoms with E-state index in [0.717, 1.165) is 11.5 Å². The van der Waals surface area contributed by atoms with Crippen molar-refractivity contribution in [1.82, 2.24) is 15.3 Å². The minimum absolute atomic E-state index is 0.127. The Morgan fingerprint density at radius 2 is 2.09 bits per heavy atom. The van der Waals surface area contributed by atoms with Crippen LogP contribution in [0.1, 0.15) is 17.1 Å². The third-order valence-corrected chi connectivity index (χ3v) is 3.54. The first kappa shape index (κ1) is 17.1. The smallest absolute Gasteiger partial charge is 0.224 e. The molecule has 0 aliphatic rings. The van der Waals surface area contributed by atoms with Gasteiger partial charge in [0.1, 0.15) is 17.5 Å². The van der Waals surface area contributed by atoms with Gasteiger partial charge in [0.15, 0.2) is 0 Å². The summed E-state index contributed by atoms with van der Waals surface area (Å²) in [6, 6.07) is 6.19. The number of aryl methyl sites for hydroxylation is 1. The van der Waals surface area contributed by atoms with Crippen LogP contribution in [0, 0.1) is 12.7 Å². The van der Waals surface area contributed by atoms with Crippen molar-refractivity contribution < 1.29 is 9.18 Å². The minimum atomic E-state index is -0.491. The van der Waals surface area contributed by atoms with Crippen molar-refractivity contribution in [1.29, 1.82) is 0 Å². The number of aromatic nitrogens is 2. The van der Waals surface area contributed by atoms with Crippen molar-refractivity contribution >= 4 is 23.3 Å². The minimum Gasteiger partial charge on any atom is -0.363 e. The average molecular weight is 337 g/mol. The van der Waals surface area contributed by atoms with Crippen molar-refractivity contribution in [2.24, 2.45) is 0 Å². The zero-order chi connectivity index (χ0) is 17.0. The van der Waals surface area contributed by atoms with Crippen LogP contribution in [0.3, 0.4) is 0 Å². The number of carbonyl (C=O) groups is 1. The van der Waals surface area contributed by atoms with Gasteiger partial charge in [-0.2, -0.15) is 0 Å². The zero-order valence-corrected chi connectivity index (χ0v) is 14.0. The number of hydrogen-bond donors (Lipinski definition) is 1. The maximum absolute atomic E-state index is 13.7. The fourth-order valence-corrected chi connectivity index (χ4v) is 2.25. The molecule has 2 rings (SSSR count). The predicted octanol–water partition coefficient (Wildman–Crippen LogP) is 2.50. The second-order valence-electron chi connectivity index (χ2n) is 5.33. The highest BCUT2D eigenvalue weighted by Gasteiger charge is 2.12. The van der Waals surface area contributed by atoms with Crippen LogP contribution in [0.4, 0.5) is 10.2 Å². The fraction of sp³-hybridized carbons (Fsp3) is 0.312. The van der Waals surface area contributed by atoms with Crippen LogP contribution in [0.2, 0.25) is 5.02 Å². The molecule has 122 valence electrons. The Morgan fingerprint density at radius 3 is 2.74 bits per heavy atom. The topological polar surface area (TPSA) is 58.1 Å². The molecule has 0 radical (unpaired) electrons. The van der Waals surface area contributed by atoms with Gasteiger partial charge in [-0.15, -0.1) is 0 Å². The van der Waals surface area contributed by atoms with Crippen LogP contribution in [0.15, 0.2) is 24.3 Å². The van der Waals surface area contributed by atoms with Crippen molar-refractivity contribution in [2.75, 3.05) is 19.0 Å². The van der Waals surface area contributed by atoms with Crippen LogP contribution >= 0.6 is 11.6 Å². The number of carbonyl (C=O) groups excluding carboxylic acids is 1. The Labute approximate surface area is 139 Å². The molecule has 0 spiro atoms. The first-order valence-electron chi connectivity index (χ1n) is 7.08. The number of anilines is 1. The second kappa shape index (κ2) is 7.37. The molecule has 1 aromatic carbocycles. The summed E-state index contributed by atoms with van der Waals surface area (Å²) in [6.07, 6.45) is -0.127. The molecule has 2 aromatic rings. The summed E-state index contributed by atoms with van der Waals surface area (Å²) in [5, 5.41) is 2.93. The van der Waals surface area contributed by atoms with E-state index in [2.05, 4.69) is 15.3 Å². The number of nitrogens with zero attached hydrogens (tertiary/aromatic N) is 3. The van der Waals surface area contributed by atoms with E-state index in [9.17, 15) is 9.18 Å². The van der Waals surface area contributed by atoms with Gasteiger partial charge in [-0.05, 0) is 19.1 Å². The van der Waals surface area contributed by atoms with E-state index < -0.39 is 5.82 Å². The summed E-state index contributed by atoms with van der Waals surface area (Å²) < 4.78 is 13.7. The predicted molar refractivity (Wildman–Crippen MR) is 88.1 cm³/mol. The van der Waals surface area contributed by atoms with Crippen molar-refractivity contribution in [3.05, 3.63) is 52.2 Å². The van der Waals surface area contributed by atoms with Gasteiger partial charge in [0.05, 0.1) is 13.0 Å². The Morgan fingerprint density at radius 1 is 1.35 bits per heavy atom. The van der Waals surface area contributed by atoms with Crippen molar-refractivity contribution in [2.45, 2.75) is 19.9 Å². The molecule has 0 unspecified atom stereocenters. The van der Waals surface area contributed by atoms with Gasteiger partial charge >= 0.3 is 0 Å². The number of hydrogen-bond acceptors (Lipinski definition) is 4. The van der Waals surface area contributed by atoms with Gasteiger partial charge < -0.3 is 10.2 Å². The Bertz CT molecular complexity index is 701. The maximum Gasteiger partial charge on any atom is 0.224 e. The summed E-state index contributed by atoms with van der Waals surface area (Å²) in [5.74, 6) is 0.434. The molecule has 0 aliphatic heterocycles. The molecule has 5 nitrogen and oxygen atoms in total. The van der Waals surface area contributed by atoms with E-state index >= 15 is 0 Å². The molecule has 1 N–H and O–H groups in total. The Kier molecular flexibility index (Phi) is 5.50. The molecule has 0 aliphatic carbocycles. The first-order valence-corrected chi connectivity index (χ1v) is 7.46. The third kappa shape index (κ3) is 4.63. The lowest BCUT2D eigenvalue weighted by Gasteiger charge is -2.13. The lowest BCUT2D eigenvalue weighted by molar-refractivity contribution is -0.120. The molecule has 1 aromatic heterocycles. The largest absolute Gasteiger partial charge is 0.363 e. The van der Waals surface area contributed by atoms with E-state index in [1.807, 2.05) is 32.0 Å². The van der Waals surface area contributed by atoms with Crippen molar-refractivity contribution in [3.8, 4) is 0 Å². The average Bonchev–Trinajstić information content (AvgIpc) is 2.48. The highest BCUT2D eigenvalue weighted by molar-refractivity contribution is 6.31. The highest BCUT2D eigenvalue weighted by atomic mass is 35.5. The van der Waals surface area contributed by atoms with E-state index in [-0.39, 0.29) is 29.5 Å². The van der Waals surface area contributed by atoms with Crippen molar-refractivity contribution in [3.63, 3.8) is 0 Å². The molecule has 7 heteroatoms. The fourth-order valence-electron chi connectivity index (χ4n) is 2.02. The zero-order valence-electron chi connectivity index (χ0n) is 13.2. The Balaban J connectivity index is 2.02. The molecule has 1 heterocycles. The maximum atomic E-state index is 13.7. The van der Waals surface area contributed by atoms with Gasteiger partial charge in [0.25, 0.3) is 0 Å². The van der Waals surface area contributed by atoms with E-state index in [1.54, 1.807) is 6.07 Å². The standard InChI is InChI=1S/C16H18ClFN4O/c1-10-7-15(22(2)3)21-14(20-10)9-19-16(23)8-11-12(17)5-4-6-13(11)18/h4-7H,8-9H2,1-3H3,(H,19,23). The first-order chi connectivity index (χ1) is 10.9. The van der Waals surface area contributed by atoms with Gasteiger partial charge in [0, 0.05) is 36.4 Å². The monoisotopic (exact) mass is 336 g/mol. The summed E-state index contributed by atoms with van der Waals surface area (Å²) in [4.78, 5) is 22.5. The van der Waals surface area contributed by atoms with Gasteiger partial charge in [-0.1, -0.05) is 17.7 Å². The summed E-state index contributed by atoms with van der Waals surface area (Å²) in [5.41, 5.74) is 0.996. The van der Waals surface area contributed by atoms with Crippen LogP contribution in [0.5, 0.6) is 0 Å². The number of halogens is 2. The molecular weight excluding hydrogens is 319 g/mol. The Hall–Kier alpha value is -2.21. The molecule has 0 bridgehead atoms. The quantitative estimate of drug-likeness (QED) is 0.911. The second-order valence-corrected chi connectivity index (χ2v) is 5.74. The van der Waals surface area contributed by atoms with E-state index in [1.165, 1.54) is 12.1 Å². The number of rotatable bonds is 5. The van der Waals surface area contributed by atoms with Crippen LogP contribution in [-0.4, -0.2) is 30.0 Å². The van der Waals surface area contributed by atoms with E-state index in [0.29, 0.717) is 5.82 Å². The molecular formula is C16H18ClFN4O. The molecule has 0 fully saturated rings. The van der Waals surface area contributed by atoms with Gasteiger partial charge in [-0.25, -0.2) is 14.4 Å². The highest BCUT2D eigenvalue weighted by Crippen LogP contribution is 2.19. The number of benzene rings is 1. The summed E-state index contributed by atoms with van der Waals surface area (Å²) >= 11 is 5.92. The summed E-state index contributed by atoms with van der Waals surface area (Å²) in [6.45, 7) is 2.03. The molecule has 23 heavy (non-hydrogen) atoms. The lowest BCUT2D eigenvalue weighted by Crippen LogP contribution is -2.26. The van der Waals surface area contributed by atoms with E-state index in [4.69, 9.17) is 11.6 Å². The SMILES string of the molecule is Cc1cc(N(C)C)nc(CNC(=O)Cc2c(F)cccc2Cl)n1. The normalized spacial score (nSPS) is 10.5. The molecule has 0 saturated carbocycles. The van der Waals surface area contributed by atoms with Crippen LogP contribution in [-0.2, 0) is 17.8 Å². The number of amides is 1. The van der Waals surface area contributed by atoms with Crippen LogP contribution < -0.4 is 10.2 Å². The summed E-state index contributed by atoms with van der Waals surface area (Å²) in [7, 11) is 3.76. The molecule has 1 amide bonds. The lowest BCUT2D eigenvalue weighted by atomic mass is 10.1. The molecule has 0 saturated heterocycles. The third-order valence-electron chi connectivity index (χ3n) is 3.19. The number of nitrogens with one attached hydrogen (secondary N) is 1.